The summed E-state index contributed by atoms with van der Waals surface area (Å²) in [4.78, 5) is 24.2. The largest absolute Gasteiger partial charge is 0.493 e. The van der Waals surface area contributed by atoms with Crippen LogP contribution in [0.15, 0.2) is 24.3 Å². The molecule has 0 saturated carbocycles. The van der Waals surface area contributed by atoms with Crippen molar-refractivity contribution in [1.82, 2.24) is 20.6 Å². The number of methoxy groups -OCH3 is 1. The SMILES string of the molecule is COc1cc(C(=O)NNC(=O)CCn2nc(C)cc2C)ccc1OC(C)C. The van der Waals surface area contributed by atoms with Crippen LogP contribution in [-0.2, 0) is 11.3 Å². The Hall–Kier alpha value is -3.03. The van der Waals surface area contributed by atoms with Crippen LogP contribution in [0.1, 0.15) is 42.0 Å². The maximum Gasteiger partial charge on any atom is 0.269 e. The van der Waals surface area contributed by atoms with E-state index < -0.39 is 5.91 Å². The van der Waals surface area contributed by atoms with Gasteiger partial charge in [-0.05, 0) is 52.0 Å². The number of carbonyl (C=O) groups excluding carboxylic acids is 2. The second-order valence-electron chi connectivity index (χ2n) is 6.43. The summed E-state index contributed by atoms with van der Waals surface area (Å²) in [5, 5.41) is 4.30. The first kappa shape index (κ1) is 20.3. The van der Waals surface area contributed by atoms with Gasteiger partial charge < -0.3 is 9.47 Å². The molecule has 0 atom stereocenters. The summed E-state index contributed by atoms with van der Waals surface area (Å²) in [5.41, 5.74) is 7.05. The Morgan fingerprint density at radius 1 is 1.15 bits per heavy atom. The number of rotatable bonds is 7. The molecule has 1 aromatic carbocycles. The third-order valence-corrected chi connectivity index (χ3v) is 3.76. The molecular formula is C19H26N4O4. The molecule has 0 aliphatic carbocycles. The number of benzene rings is 1. The van der Waals surface area contributed by atoms with Gasteiger partial charge in [-0.15, -0.1) is 0 Å². The fourth-order valence-corrected chi connectivity index (χ4v) is 2.53. The molecule has 2 N–H and O–H groups in total. The number of ether oxygens (including phenoxy) is 2. The molecule has 1 heterocycles. The smallest absolute Gasteiger partial charge is 0.269 e. The van der Waals surface area contributed by atoms with Gasteiger partial charge >= 0.3 is 0 Å². The molecule has 27 heavy (non-hydrogen) atoms. The first-order chi connectivity index (χ1) is 12.8. The van der Waals surface area contributed by atoms with Crippen molar-refractivity contribution >= 4 is 11.8 Å². The van der Waals surface area contributed by atoms with E-state index in [4.69, 9.17) is 9.47 Å². The Morgan fingerprint density at radius 2 is 1.89 bits per heavy atom. The van der Waals surface area contributed by atoms with Crippen molar-refractivity contribution in [2.24, 2.45) is 0 Å². The summed E-state index contributed by atoms with van der Waals surface area (Å²) >= 11 is 0. The second-order valence-corrected chi connectivity index (χ2v) is 6.43. The van der Waals surface area contributed by atoms with Gasteiger partial charge in [0, 0.05) is 17.7 Å². The molecule has 2 amide bonds. The van der Waals surface area contributed by atoms with Gasteiger partial charge in [-0.1, -0.05) is 0 Å². The number of carbonyl (C=O) groups is 2. The number of nitrogens with zero attached hydrogens (tertiary/aromatic N) is 2. The van der Waals surface area contributed by atoms with E-state index in [0.29, 0.717) is 23.6 Å². The highest BCUT2D eigenvalue weighted by atomic mass is 16.5. The Labute approximate surface area is 158 Å². The Bertz CT molecular complexity index is 814. The zero-order chi connectivity index (χ0) is 20.0. The van der Waals surface area contributed by atoms with Crippen molar-refractivity contribution < 1.29 is 19.1 Å². The Morgan fingerprint density at radius 3 is 2.48 bits per heavy atom. The number of hydrogen-bond acceptors (Lipinski definition) is 5. The van der Waals surface area contributed by atoms with Crippen molar-refractivity contribution in [3.8, 4) is 11.5 Å². The molecular weight excluding hydrogens is 348 g/mol. The van der Waals surface area contributed by atoms with Crippen molar-refractivity contribution in [3.63, 3.8) is 0 Å². The average Bonchev–Trinajstić information content (AvgIpc) is 2.95. The normalized spacial score (nSPS) is 10.6. The minimum Gasteiger partial charge on any atom is -0.493 e. The minimum atomic E-state index is -0.441. The third-order valence-electron chi connectivity index (χ3n) is 3.76. The molecule has 0 fully saturated rings. The zero-order valence-corrected chi connectivity index (χ0v) is 16.3. The first-order valence-electron chi connectivity index (χ1n) is 8.75. The summed E-state index contributed by atoms with van der Waals surface area (Å²) in [5.74, 6) is 0.261. The second kappa shape index (κ2) is 9.07. The van der Waals surface area contributed by atoms with Gasteiger partial charge in [0.25, 0.3) is 5.91 Å². The lowest BCUT2D eigenvalue weighted by Crippen LogP contribution is -2.42. The van der Waals surface area contributed by atoms with E-state index in [0.717, 1.165) is 11.4 Å². The zero-order valence-electron chi connectivity index (χ0n) is 16.3. The molecule has 0 spiro atoms. The summed E-state index contributed by atoms with van der Waals surface area (Å²) in [6.45, 7) is 8.08. The van der Waals surface area contributed by atoms with Crippen LogP contribution in [0.3, 0.4) is 0 Å². The van der Waals surface area contributed by atoms with Gasteiger partial charge in [-0.2, -0.15) is 5.10 Å². The average molecular weight is 374 g/mol. The molecule has 146 valence electrons. The first-order valence-corrected chi connectivity index (χ1v) is 8.75. The molecule has 0 radical (unpaired) electrons. The third kappa shape index (κ3) is 5.73. The summed E-state index contributed by atoms with van der Waals surface area (Å²) in [6.07, 6.45) is 0.187. The standard InChI is InChI=1S/C19H26N4O4/c1-12(2)27-16-7-6-15(11-17(16)26-5)19(25)21-20-18(24)8-9-23-14(4)10-13(3)22-23/h6-7,10-12H,8-9H2,1-5H3,(H,20,24)(H,21,25). The Balaban J connectivity index is 1.89. The molecule has 8 heteroatoms. The van der Waals surface area contributed by atoms with Gasteiger partial charge in [0.15, 0.2) is 11.5 Å². The predicted molar refractivity (Wildman–Crippen MR) is 101 cm³/mol. The highest BCUT2D eigenvalue weighted by Gasteiger charge is 2.13. The maximum atomic E-state index is 12.2. The topological polar surface area (TPSA) is 94.5 Å². The molecule has 0 unspecified atom stereocenters. The maximum absolute atomic E-state index is 12.2. The van der Waals surface area contributed by atoms with Crippen LogP contribution >= 0.6 is 0 Å². The monoisotopic (exact) mass is 374 g/mol. The van der Waals surface area contributed by atoms with E-state index in [1.807, 2.05) is 33.8 Å². The van der Waals surface area contributed by atoms with E-state index in [1.54, 1.807) is 22.9 Å². The molecule has 1 aromatic heterocycles. The van der Waals surface area contributed by atoms with Crippen LogP contribution in [0.5, 0.6) is 11.5 Å². The van der Waals surface area contributed by atoms with E-state index in [-0.39, 0.29) is 18.4 Å². The van der Waals surface area contributed by atoms with E-state index in [9.17, 15) is 9.59 Å². The number of amides is 2. The molecule has 8 nitrogen and oxygen atoms in total. The van der Waals surface area contributed by atoms with E-state index >= 15 is 0 Å². The molecule has 2 aromatic rings. The lowest BCUT2D eigenvalue weighted by atomic mass is 10.2. The summed E-state index contributed by atoms with van der Waals surface area (Å²) in [7, 11) is 1.50. The number of aromatic nitrogens is 2. The van der Waals surface area contributed by atoms with Gasteiger partial charge in [0.05, 0.1) is 25.5 Å². The summed E-state index contributed by atoms with van der Waals surface area (Å²) < 4.78 is 12.6. The van der Waals surface area contributed by atoms with E-state index in [1.165, 1.54) is 7.11 Å². The van der Waals surface area contributed by atoms with Crippen molar-refractivity contribution in [3.05, 3.63) is 41.2 Å². The number of aryl methyl sites for hydroxylation is 3. The van der Waals surface area contributed by atoms with Crippen molar-refractivity contribution in [2.45, 2.75) is 46.8 Å². The highest BCUT2D eigenvalue weighted by Crippen LogP contribution is 2.28. The molecule has 0 aliphatic rings. The highest BCUT2D eigenvalue weighted by molar-refractivity contribution is 5.96. The lowest BCUT2D eigenvalue weighted by molar-refractivity contribution is -0.122. The predicted octanol–water partition coefficient (Wildman–Crippen LogP) is 2.15. The van der Waals surface area contributed by atoms with Crippen LogP contribution in [-0.4, -0.2) is 34.8 Å². The Kier molecular flexibility index (Phi) is 6.81. The molecule has 2 rings (SSSR count). The van der Waals surface area contributed by atoms with Crippen LogP contribution in [0.4, 0.5) is 0 Å². The van der Waals surface area contributed by atoms with Gasteiger partial charge in [0.2, 0.25) is 5.91 Å². The quantitative estimate of drug-likeness (QED) is 0.724. The van der Waals surface area contributed by atoms with E-state index in [2.05, 4.69) is 16.0 Å². The van der Waals surface area contributed by atoms with Gasteiger partial charge in [0.1, 0.15) is 0 Å². The fourth-order valence-electron chi connectivity index (χ4n) is 2.53. The fraction of sp³-hybridized carbons (Fsp3) is 0.421. The van der Waals surface area contributed by atoms with Crippen LogP contribution in [0, 0.1) is 13.8 Å². The van der Waals surface area contributed by atoms with Gasteiger partial charge in [-0.3, -0.25) is 25.1 Å². The molecule has 0 saturated heterocycles. The van der Waals surface area contributed by atoms with Crippen molar-refractivity contribution in [2.75, 3.05) is 7.11 Å². The molecule has 0 aliphatic heterocycles. The van der Waals surface area contributed by atoms with Gasteiger partial charge in [-0.25, -0.2) is 0 Å². The lowest BCUT2D eigenvalue weighted by Gasteiger charge is -2.14. The van der Waals surface area contributed by atoms with Crippen LogP contribution in [0.25, 0.3) is 0 Å². The van der Waals surface area contributed by atoms with Crippen molar-refractivity contribution in [1.29, 1.82) is 0 Å². The van der Waals surface area contributed by atoms with Crippen LogP contribution < -0.4 is 20.3 Å². The minimum absolute atomic E-state index is 0.0138. The summed E-state index contributed by atoms with van der Waals surface area (Å²) in [6, 6.07) is 6.78. The molecule has 0 bridgehead atoms. The number of hydrazine groups is 1. The van der Waals surface area contributed by atoms with Crippen LogP contribution in [0.2, 0.25) is 0 Å². The number of hydrogen-bond donors (Lipinski definition) is 2. The number of nitrogens with one attached hydrogen (secondary N) is 2.